The summed E-state index contributed by atoms with van der Waals surface area (Å²) in [6.45, 7) is 5.20. The van der Waals surface area contributed by atoms with E-state index in [1.165, 1.54) is 11.1 Å². The molecule has 0 aromatic carbocycles. The molecule has 2 aliphatic heterocycles. The number of hydrogen-bond donors (Lipinski definition) is 1. The van der Waals surface area contributed by atoms with Gasteiger partial charge in [-0.05, 0) is 38.3 Å². The lowest BCUT2D eigenvalue weighted by Crippen LogP contribution is -2.42. The molecule has 2 fully saturated rings. The van der Waals surface area contributed by atoms with Crippen LogP contribution in [0.2, 0.25) is 0 Å². The Morgan fingerprint density at radius 3 is 2.68 bits per heavy atom. The lowest BCUT2D eigenvalue weighted by molar-refractivity contribution is -0.182. The fourth-order valence-corrected chi connectivity index (χ4v) is 4.46. The van der Waals surface area contributed by atoms with Gasteiger partial charge < -0.3 is 10.6 Å². The van der Waals surface area contributed by atoms with E-state index in [0.717, 1.165) is 5.69 Å². The first-order chi connectivity index (χ1) is 16.4. The first-order valence-electron chi connectivity index (χ1n) is 11.4. The average molecular weight is 467 g/mol. The van der Waals surface area contributed by atoms with Gasteiger partial charge in [0.1, 0.15) is 5.82 Å². The normalized spacial score (nSPS) is 19.1. The minimum atomic E-state index is -0.375. The number of rotatable bonds is 4. The highest BCUT2D eigenvalue weighted by atomic mass is 19.1. The molecule has 2 saturated heterocycles. The van der Waals surface area contributed by atoms with Crippen molar-refractivity contribution in [1.29, 1.82) is 0 Å². The molecule has 10 nitrogen and oxygen atoms in total. The van der Waals surface area contributed by atoms with Crippen LogP contribution in [0, 0.1) is 25.6 Å². The number of aryl methyl sites for hydroxylation is 1. The number of carbonyl (C=O) groups is 1. The van der Waals surface area contributed by atoms with Crippen molar-refractivity contribution >= 4 is 17.5 Å². The zero-order valence-electron chi connectivity index (χ0n) is 19.2. The van der Waals surface area contributed by atoms with Crippen LogP contribution < -0.4 is 10.6 Å². The van der Waals surface area contributed by atoms with Crippen LogP contribution in [0.3, 0.4) is 0 Å². The molecule has 3 aromatic rings. The molecule has 5 rings (SSSR count). The van der Waals surface area contributed by atoms with Crippen molar-refractivity contribution in [1.82, 2.24) is 29.8 Å². The summed E-state index contributed by atoms with van der Waals surface area (Å²) in [5.74, 6) is 0.607. The van der Waals surface area contributed by atoms with Gasteiger partial charge in [-0.3, -0.25) is 14.6 Å². The van der Waals surface area contributed by atoms with Crippen molar-refractivity contribution in [2.24, 2.45) is 5.92 Å². The highest BCUT2D eigenvalue weighted by Crippen LogP contribution is 2.34. The Morgan fingerprint density at radius 1 is 1.18 bits per heavy atom. The van der Waals surface area contributed by atoms with E-state index < -0.39 is 0 Å². The number of piperidine rings is 1. The predicted octanol–water partition coefficient (Wildman–Crippen LogP) is 2.52. The first kappa shape index (κ1) is 22.2. The Balaban J connectivity index is 1.25. The summed E-state index contributed by atoms with van der Waals surface area (Å²) < 4.78 is 15.7. The zero-order valence-corrected chi connectivity index (χ0v) is 19.2. The number of nitrogens with zero attached hydrogens (tertiary/aromatic N) is 7. The van der Waals surface area contributed by atoms with Gasteiger partial charge in [-0.25, -0.2) is 19.1 Å². The maximum Gasteiger partial charge on any atom is 0.249 e. The summed E-state index contributed by atoms with van der Waals surface area (Å²) in [6.07, 6.45) is 6.83. The predicted molar refractivity (Wildman–Crippen MR) is 122 cm³/mol. The molecule has 0 bridgehead atoms. The van der Waals surface area contributed by atoms with Crippen molar-refractivity contribution in [2.75, 3.05) is 30.3 Å². The van der Waals surface area contributed by atoms with Gasteiger partial charge in [0, 0.05) is 43.9 Å². The number of amides is 1. The Hall–Kier alpha value is -3.60. The minimum Gasteiger partial charge on any atom is -0.396 e. The Morgan fingerprint density at radius 2 is 1.97 bits per heavy atom. The molecular weight excluding hydrogens is 439 g/mol. The first-order valence-corrected chi connectivity index (χ1v) is 11.4. The van der Waals surface area contributed by atoms with Gasteiger partial charge in [0.25, 0.3) is 0 Å². The lowest BCUT2D eigenvalue weighted by atomic mass is 9.95. The summed E-state index contributed by atoms with van der Waals surface area (Å²) in [4.78, 5) is 34.2. The van der Waals surface area contributed by atoms with Gasteiger partial charge in [0.2, 0.25) is 11.9 Å². The summed E-state index contributed by atoms with van der Waals surface area (Å²) in [7, 11) is 0. The highest BCUT2D eigenvalue weighted by molar-refractivity contribution is 5.79. The molecule has 0 unspecified atom stereocenters. The lowest BCUT2D eigenvalue weighted by Gasteiger charge is -2.34. The molecule has 2 N–H and O–H groups in total. The standard InChI is InChI=1S/C23H27FN8O2/c1-14-18(24)11-17(12-27-14)20-6-10-34-32(20)22(33)16-4-8-30(9-5-16)23-26-7-3-21(29-23)31-15(2)19(25)13-28-31/h3,7,11-13,16,20H,4-6,8-10,25H2,1-2H3/t20-/m0/s1. The van der Waals surface area contributed by atoms with Crippen molar-refractivity contribution in [3.63, 3.8) is 0 Å². The highest BCUT2D eigenvalue weighted by Gasteiger charge is 2.37. The van der Waals surface area contributed by atoms with Crippen LogP contribution >= 0.6 is 0 Å². The third-order valence-corrected chi connectivity index (χ3v) is 6.57. The van der Waals surface area contributed by atoms with Gasteiger partial charge >= 0.3 is 0 Å². The fraction of sp³-hybridized carbons (Fsp3) is 0.435. The molecule has 5 heterocycles. The van der Waals surface area contributed by atoms with E-state index in [2.05, 4.69) is 25.0 Å². The smallest absolute Gasteiger partial charge is 0.249 e. The van der Waals surface area contributed by atoms with E-state index in [1.807, 2.05) is 6.92 Å². The zero-order chi connectivity index (χ0) is 23.8. The van der Waals surface area contributed by atoms with Crippen LogP contribution in [0.4, 0.5) is 16.0 Å². The molecule has 1 atom stereocenters. The van der Waals surface area contributed by atoms with E-state index in [9.17, 15) is 9.18 Å². The Labute approximate surface area is 196 Å². The van der Waals surface area contributed by atoms with Crippen molar-refractivity contribution in [3.8, 4) is 5.82 Å². The van der Waals surface area contributed by atoms with E-state index in [-0.39, 0.29) is 23.7 Å². The molecule has 0 spiro atoms. The molecule has 178 valence electrons. The molecule has 2 aliphatic rings. The number of carbonyl (C=O) groups excluding carboxylic acids is 1. The summed E-state index contributed by atoms with van der Waals surface area (Å²) in [5.41, 5.74) is 8.33. The molecule has 0 radical (unpaired) electrons. The average Bonchev–Trinajstić information content (AvgIpc) is 3.48. The molecule has 1 amide bonds. The second-order valence-corrected chi connectivity index (χ2v) is 8.71. The topological polar surface area (TPSA) is 115 Å². The fourth-order valence-electron chi connectivity index (χ4n) is 4.46. The number of pyridine rings is 1. The summed E-state index contributed by atoms with van der Waals surface area (Å²) in [5, 5.41) is 5.71. The molecule has 3 aromatic heterocycles. The molecule has 0 aliphatic carbocycles. The number of nitrogens with two attached hydrogens (primary N) is 1. The second kappa shape index (κ2) is 8.98. The number of nitrogen functional groups attached to an aromatic ring is 1. The molecular formula is C23H27FN8O2. The number of hydrogen-bond acceptors (Lipinski definition) is 8. The van der Waals surface area contributed by atoms with E-state index >= 15 is 0 Å². The van der Waals surface area contributed by atoms with Crippen LogP contribution in [0.1, 0.15) is 42.3 Å². The largest absolute Gasteiger partial charge is 0.396 e. The Kier molecular flexibility index (Phi) is 5.86. The van der Waals surface area contributed by atoms with Gasteiger partial charge in [0.05, 0.1) is 35.9 Å². The van der Waals surface area contributed by atoms with Crippen molar-refractivity contribution in [3.05, 3.63) is 53.5 Å². The van der Waals surface area contributed by atoms with Crippen LogP contribution in [-0.2, 0) is 9.63 Å². The van der Waals surface area contributed by atoms with Crippen LogP contribution in [0.25, 0.3) is 5.82 Å². The van der Waals surface area contributed by atoms with E-state index in [1.54, 1.807) is 36.3 Å². The van der Waals surface area contributed by atoms with Crippen molar-refractivity contribution < 1.29 is 14.0 Å². The van der Waals surface area contributed by atoms with Crippen LogP contribution in [-0.4, -0.2) is 55.4 Å². The number of anilines is 2. The van der Waals surface area contributed by atoms with E-state index in [0.29, 0.717) is 67.7 Å². The summed E-state index contributed by atoms with van der Waals surface area (Å²) >= 11 is 0. The van der Waals surface area contributed by atoms with Crippen LogP contribution in [0.5, 0.6) is 0 Å². The van der Waals surface area contributed by atoms with E-state index in [4.69, 9.17) is 10.6 Å². The number of halogens is 1. The molecule has 34 heavy (non-hydrogen) atoms. The molecule has 0 saturated carbocycles. The van der Waals surface area contributed by atoms with Crippen molar-refractivity contribution in [2.45, 2.75) is 39.2 Å². The molecule has 11 heteroatoms. The SMILES string of the molecule is Cc1ncc([C@@H]2CCON2C(=O)C2CCN(c3nccc(-n4ncc(N)c4C)n3)CC2)cc1F. The quantitative estimate of drug-likeness (QED) is 0.624. The minimum absolute atomic E-state index is 0.0690. The monoisotopic (exact) mass is 466 g/mol. The Bertz CT molecular complexity index is 1210. The number of hydroxylamine groups is 2. The maximum absolute atomic E-state index is 14.0. The second-order valence-electron chi connectivity index (χ2n) is 8.71. The third-order valence-electron chi connectivity index (χ3n) is 6.57. The van der Waals surface area contributed by atoms with Gasteiger partial charge in [-0.1, -0.05) is 0 Å². The summed E-state index contributed by atoms with van der Waals surface area (Å²) in [6, 6.07) is 2.91. The van der Waals surface area contributed by atoms with Gasteiger partial charge in [0.15, 0.2) is 5.82 Å². The van der Waals surface area contributed by atoms with Gasteiger partial charge in [-0.2, -0.15) is 10.1 Å². The van der Waals surface area contributed by atoms with Gasteiger partial charge in [-0.15, -0.1) is 0 Å². The van der Waals surface area contributed by atoms with Crippen LogP contribution in [0.15, 0.2) is 30.7 Å². The third kappa shape index (κ3) is 4.07. The maximum atomic E-state index is 14.0. The number of aromatic nitrogens is 5.